The summed E-state index contributed by atoms with van der Waals surface area (Å²) < 4.78 is 5.22. The Hall–Kier alpha value is -0.410. The van der Waals surface area contributed by atoms with Crippen LogP contribution in [0.4, 0.5) is 0 Å². The van der Waals surface area contributed by atoms with Crippen molar-refractivity contribution in [1.82, 2.24) is 0 Å². The Labute approximate surface area is 61.3 Å². The average molecular weight is 142 g/mol. The van der Waals surface area contributed by atoms with Crippen molar-refractivity contribution in [3.63, 3.8) is 0 Å². The summed E-state index contributed by atoms with van der Waals surface area (Å²) in [5.41, 5.74) is 5.61. The van der Waals surface area contributed by atoms with E-state index in [9.17, 15) is 0 Å². The second-order valence-corrected chi connectivity index (χ2v) is 2.78. The monoisotopic (exact) mass is 142 g/mol. The van der Waals surface area contributed by atoms with Gasteiger partial charge in [0.15, 0.2) is 0 Å². The third kappa shape index (κ3) is 1.78. The Morgan fingerprint density at radius 2 is 2.50 bits per heavy atom. The lowest BCUT2D eigenvalue weighted by Gasteiger charge is -2.29. The summed E-state index contributed by atoms with van der Waals surface area (Å²) in [7, 11) is 1.74. The van der Waals surface area contributed by atoms with Gasteiger partial charge in [0.05, 0.1) is 12.1 Å². The maximum Gasteiger partial charge on any atom is 0.0746 e. The average Bonchev–Trinajstić information content (AvgIpc) is 1.89. The van der Waals surface area contributed by atoms with Gasteiger partial charge in [0.1, 0.15) is 0 Å². The third-order valence-electron chi connectivity index (χ3n) is 1.69. The molecule has 1 heterocycles. The molecule has 1 fully saturated rings. The van der Waals surface area contributed by atoms with Crippen molar-refractivity contribution in [2.45, 2.75) is 18.4 Å². The molecule has 58 valence electrons. The maximum absolute atomic E-state index is 5.90. The maximum atomic E-state index is 5.90. The Bertz CT molecular complexity index is 128. The van der Waals surface area contributed by atoms with E-state index in [2.05, 4.69) is 4.99 Å². The first-order valence-corrected chi connectivity index (χ1v) is 3.57. The van der Waals surface area contributed by atoms with E-state index >= 15 is 0 Å². The molecule has 1 unspecified atom stereocenters. The number of nitrogens with two attached hydrogens (primary N) is 1. The van der Waals surface area contributed by atoms with Gasteiger partial charge in [-0.05, 0) is 12.8 Å². The summed E-state index contributed by atoms with van der Waals surface area (Å²) in [6, 6.07) is 0. The van der Waals surface area contributed by atoms with Crippen LogP contribution in [0.5, 0.6) is 0 Å². The smallest absolute Gasteiger partial charge is 0.0746 e. The van der Waals surface area contributed by atoms with Crippen LogP contribution in [0.15, 0.2) is 4.99 Å². The van der Waals surface area contributed by atoms with E-state index in [1.165, 1.54) is 0 Å². The van der Waals surface area contributed by atoms with Gasteiger partial charge in [-0.25, -0.2) is 0 Å². The van der Waals surface area contributed by atoms with Crippen molar-refractivity contribution >= 4 is 6.21 Å². The molecule has 0 radical (unpaired) electrons. The fourth-order valence-corrected chi connectivity index (χ4v) is 1.20. The van der Waals surface area contributed by atoms with Gasteiger partial charge in [0.25, 0.3) is 0 Å². The molecule has 1 atom stereocenters. The van der Waals surface area contributed by atoms with Gasteiger partial charge in [-0.3, -0.25) is 4.99 Å². The zero-order chi connectivity index (χ0) is 7.45. The molecular weight excluding hydrogens is 128 g/mol. The van der Waals surface area contributed by atoms with Gasteiger partial charge in [0, 0.05) is 19.9 Å². The van der Waals surface area contributed by atoms with Crippen LogP contribution in [0.1, 0.15) is 12.8 Å². The van der Waals surface area contributed by atoms with E-state index in [1.54, 1.807) is 13.3 Å². The molecule has 0 aromatic rings. The first kappa shape index (κ1) is 7.69. The fourth-order valence-electron chi connectivity index (χ4n) is 1.20. The molecule has 0 aromatic carbocycles. The van der Waals surface area contributed by atoms with Crippen molar-refractivity contribution in [2.24, 2.45) is 10.7 Å². The number of aliphatic imine (C=N–C) groups is 1. The molecular formula is C7H14N2O. The largest absolute Gasteiger partial charge is 0.379 e. The Morgan fingerprint density at radius 3 is 3.00 bits per heavy atom. The molecule has 0 bridgehead atoms. The summed E-state index contributed by atoms with van der Waals surface area (Å²) in [5.74, 6) is 0. The lowest BCUT2D eigenvalue weighted by Crippen LogP contribution is -2.48. The van der Waals surface area contributed by atoms with Crippen LogP contribution in [0, 0.1) is 0 Å². The van der Waals surface area contributed by atoms with Gasteiger partial charge in [-0.1, -0.05) is 0 Å². The fraction of sp³-hybridized carbons (Fsp3) is 0.857. The highest BCUT2D eigenvalue weighted by Gasteiger charge is 2.25. The van der Waals surface area contributed by atoms with Gasteiger partial charge in [-0.2, -0.15) is 0 Å². The summed E-state index contributed by atoms with van der Waals surface area (Å²) in [6.45, 7) is 1.46. The highest BCUT2D eigenvalue weighted by molar-refractivity contribution is 5.70. The molecule has 0 saturated carbocycles. The van der Waals surface area contributed by atoms with Crippen molar-refractivity contribution in [1.29, 1.82) is 0 Å². The second kappa shape index (κ2) is 3.12. The highest BCUT2D eigenvalue weighted by atomic mass is 16.5. The first-order chi connectivity index (χ1) is 4.77. The minimum atomic E-state index is -0.285. The second-order valence-electron chi connectivity index (χ2n) is 2.78. The Kier molecular flexibility index (Phi) is 2.40. The number of rotatable bonds is 1. The SMILES string of the molecule is C/N=C/C1(N)CCCOC1. The van der Waals surface area contributed by atoms with E-state index in [-0.39, 0.29) is 5.54 Å². The van der Waals surface area contributed by atoms with Crippen molar-refractivity contribution in [3.8, 4) is 0 Å². The zero-order valence-electron chi connectivity index (χ0n) is 6.34. The van der Waals surface area contributed by atoms with E-state index < -0.39 is 0 Å². The predicted octanol–water partition coefficient (Wildman–Crippen LogP) is 0.195. The Morgan fingerprint density at radius 1 is 1.70 bits per heavy atom. The lowest BCUT2D eigenvalue weighted by molar-refractivity contribution is 0.0653. The molecule has 0 aliphatic carbocycles. The summed E-state index contributed by atoms with van der Waals surface area (Å²) >= 11 is 0. The molecule has 1 saturated heterocycles. The standard InChI is InChI=1S/C7H14N2O/c1-9-5-7(8)3-2-4-10-6-7/h5H,2-4,6,8H2,1H3/b9-5+. The van der Waals surface area contributed by atoms with Gasteiger partial charge >= 0.3 is 0 Å². The van der Waals surface area contributed by atoms with Crippen molar-refractivity contribution in [2.75, 3.05) is 20.3 Å². The number of hydrogen-bond donors (Lipinski definition) is 1. The number of hydrogen-bond acceptors (Lipinski definition) is 3. The van der Waals surface area contributed by atoms with Crippen LogP contribution < -0.4 is 5.73 Å². The van der Waals surface area contributed by atoms with Crippen LogP contribution >= 0.6 is 0 Å². The van der Waals surface area contributed by atoms with Gasteiger partial charge in [-0.15, -0.1) is 0 Å². The van der Waals surface area contributed by atoms with Crippen molar-refractivity contribution < 1.29 is 4.74 Å². The van der Waals surface area contributed by atoms with Crippen molar-refractivity contribution in [3.05, 3.63) is 0 Å². The third-order valence-corrected chi connectivity index (χ3v) is 1.69. The molecule has 0 amide bonds. The topological polar surface area (TPSA) is 47.6 Å². The van der Waals surface area contributed by atoms with E-state index in [0.717, 1.165) is 19.4 Å². The molecule has 3 heteroatoms. The van der Waals surface area contributed by atoms with E-state index in [0.29, 0.717) is 6.61 Å². The van der Waals surface area contributed by atoms with E-state index in [4.69, 9.17) is 10.5 Å². The zero-order valence-corrected chi connectivity index (χ0v) is 6.34. The number of ether oxygens (including phenoxy) is 1. The highest BCUT2D eigenvalue weighted by Crippen LogP contribution is 2.13. The molecule has 0 aromatic heterocycles. The van der Waals surface area contributed by atoms with Crippen LogP contribution in [-0.2, 0) is 4.74 Å². The minimum Gasteiger partial charge on any atom is -0.379 e. The molecule has 2 N–H and O–H groups in total. The van der Waals surface area contributed by atoms with Gasteiger partial charge < -0.3 is 10.5 Å². The molecule has 10 heavy (non-hydrogen) atoms. The quantitative estimate of drug-likeness (QED) is 0.531. The van der Waals surface area contributed by atoms with Crippen LogP contribution in [0.3, 0.4) is 0 Å². The first-order valence-electron chi connectivity index (χ1n) is 3.57. The molecule has 1 aliphatic heterocycles. The van der Waals surface area contributed by atoms with Gasteiger partial charge in [0.2, 0.25) is 0 Å². The molecule has 0 spiro atoms. The molecule has 1 rings (SSSR count). The summed E-state index contributed by atoms with van der Waals surface area (Å²) in [5, 5.41) is 0. The normalized spacial score (nSPS) is 35.0. The summed E-state index contributed by atoms with van der Waals surface area (Å²) in [4.78, 5) is 3.90. The predicted molar refractivity (Wildman–Crippen MR) is 41.4 cm³/mol. The summed E-state index contributed by atoms with van der Waals surface area (Å²) in [6.07, 6.45) is 3.82. The van der Waals surface area contributed by atoms with E-state index in [1.807, 2.05) is 0 Å². The molecule has 1 aliphatic rings. The van der Waals surface area contributed by atoms with Crippen LogP contribution in [0.25, 0.3) is 0 Å². The Balaban J connectivity index is 2.48. The van der Waals surface area contributed by atoms with Crippen LogP contribution in [0.2, 0.25) is 0 Å². The number of nitrogens with zero attached hydrogens (tertiary/aromatic N) is 1. The lowest BCUT2D eigenvalue weighted by atomic mass is 9.95. The molecule has 3 nitrogen and oxygen atoms in total. The van der Waals surface area contributed by atoms with Crippen LogP contribution in [-0.4, -0.2) is 32.0 Å². The minimum absolute atomic E-state index is 0.285.